The van der Waals surface area contributed by atoms with Gasteiger partial charge in [-0.05, 0) is 31.5 Å². The van der Waals surface area contributed by atoms with Gasteiger partial charge in [0, 0.05) is 17.8 Å². The SMILES string of the molecule is Cc1cc(Nc2cc(C)c(C#N)c(NCCOc3cccc([N+](=O)[O-])c3)n2)n[nH]1. The maximum absolute atomic E-state index is 10.8. The van der Waals surface area contributed by atoms with E-state index in [4.69, 9.17) is 4.74 Å². The van der Waals surface area contributed by atoms with Crippen molar-refractivity contribution in [2.45, 2.75) is 13.8 Å². The molecule has 0 atom stereocenters. The molecule has 2 heterocycles. The van der Waals surface area contributed by atoms with Crippen molar-refractivity contribution in [3.8, 4) is 11.8 Å². The van der Waals surface area contributed by atoms with Gasteiger partial charge in [0.15, 0.2) is 5.82 Å². The second-order valence-electron chi connectivity index (χ2n) is 6.25. The van der Waals surface area contributed by atoms with Gasteiger partial charge >= 0.3 is 0 Å². The number of ether oxygens (including phenoxy) is 1. The average molecular weight is 393 g/mol. The van der Waals surface area contributed by atoms with Crippen LogP contribution in [0.2, 0.25) is 0 Å². The Bertz CT molecular complexity index is 1070. The van der Waals surface area contributed by atoms with E-state index in [1.807, 2.05) is 19.9 Å². The summed E-state index contributed by atoms with van der Waals surface area (Å²) in [4.78, 5) is 14.8. The van der Waals surface area contributed by atoms with Gasteiger partial charge in [-0.1, -0.05) is 6.07 Å². The number of nitriles is 1. The zero-order valence-electron chi connectivity index (χ0n) is 15.9. The molecule has 0 aliphatic rings. The lowest BCUT2D eigenvalue weighted by atomic mass is 10.1. The van der Waals surface area contributed by atoms with E-state index in [9.17, 15) is 15.4 Å². The number of pyridine rings is 1. The van der Waals surface area contributed by atoms with Crippen molar-refractivity contribution in [1.29, 1.82) is 5.26 Å². The molecule has 0 saturated heterocycles. The zero-order chi connectivity index (χ0) is 20.8. The first-order valence-corrected chi connectivity index (χ1v) is 8.78. The predicted octanol–water partition coefficient (Wildman–Crippen LogP) is 3.44. The van der Waals surface area contributed by atoms with E-state index in [0.29, 0.717) is 35.3 Å². The monoisotopic (exact) mass is 393 g/mol. The number of aryl methyl sites for hydroxylation is 2. The van der Waals surface area contributed by atoms with Crippen LogP contribution in [0.25, 0.3) is 0 Å². The normalized spacial score (nSPS) is 10.2. The van der Waals surface area contributed by atoms with Gasteiger partial charge in [-0.2, -0.15) is 10.4 Å². The summed E-state index contributed by atoms with van der Waals surface area (Å²) in [6.45, 7) is 4.31. The number of anilines is 3. The van der Waals surface area contributed by atoms with Crippen molar-refractivity contribution >= 4 is 23.1 Å². The lowest BCUT2D eigenvalue weighted by Gasteiger charge is -2.12. The van der Waals surface area contributed by atoms with E-state index in [2.05, 4.69) is 31.9 Å². The van der Waals surface area contributed by atoms with E-state index in [1.165, 1.54) is 12.1 Å². The number of nitro groups is 1. The summed E-state index contributed by atoms with van der Waals surface area (Å²) < 4.78 is 5.54. The van der Waals surface area contributed by atoms with Gasteiger partial charge in [-0.3, -0.25) is 15.2 Å². The first-order valence-electron chi connectivity index (χ1n) is 8.78. The number of hydrogen-bond acceptors (Lipinski definition) is 8. The van der Waals surface area contributed by atoms with Crippen molar-refractivity contribution in [2.75, 3.05) is 23.8 Å². The van der Waals surface area contributed by atoms with Crippen molar-refractivity contribution in [1.82, 2.24) is 15.2 Å². The molecule has 148 valence electrons. The third kappa shape index (κ3) is 4.98. The van der Waals surface area contributed by atoms with Gasteiger partial charge in [0.1, 0.15) is 30.1 Å². The molecule has 0 amide bonds. The number of nitrogens with one attached hydrogen (secondary N) is 3. The number of nitrogens with zero attached hydrogens (tertiary/aromatic N) is 4. The van der Waals surface area contributed by atoms with E-state index < -0.39 is 4.92 Å². The van der Waals surface area contributed by atoms with Crippen LogP contribution >= 0.6 is 0 Å². The van der Waals surface area contributed by atoms with Crippen LogP contribution in [0.15, 0.2) is 36.4 Å². The Balaban J connectivity index is 1.65. The molecular formula is C19H19N7O3. The summed E-state index contributed by atoms with van der Waals surface area (Å²) in [6, 6.07) is 11.7. The number of aromatic amines is 1. The smallest absolute Gasteiger partial charge is 0.273 e. The molecule has 10 heteroatoms. The van der Waals surface area contributed by atoms with Gasteiger partial charge in [0.2, 0.25) is 0 Å². The molecule has 0 aliphatic carbocycles. The molecule has 0 unspecified atom stereocenters. The van der Waals surface area contributed by atoms with Crippen LogP contribution < -0.4 is 15.4 Å². The number of nitro benzene ring substituents is 1. The van der Waals surface area contributed by atoms with E-state index in [0.717, 1.165) is 11.3 Å². The van der Waals surface area contributed by atoms with Crippen LogP contribution in [-0.4, -0.2) is 33.3 Å². The standard InChI is InChI=1S/C19H19N7O3/c1-12-8-17(22-18-9-13(2)24-25-18)23-19(16(12)11-20)21-6-7-29-15-5-3-4-14(10-15)26(27)28/h3-5,8-10H,6-7H2,1-2H3,(H3,21,22,23,24,25). The van der Waals surface area contributed by atoms with Crippen LogP contribution in [-0.2, 0) is 0 Å². The maximum Gasteiger partial charge on any atom is 0.273 e. The molecule has 10 nitrogen and oxygen atoms in total. The average Bonchev–Trinajstić information content (AvgIpc) is 3.10. The topological polar surface area (TPSA) is 142 Å². The minimum Gasteiger partial charge on any atom is -0.491 e. The third-order valence-corrected chi connectivity index (χ3v) is 3.98. The quantitative estimate of drug-likeness (QED) is 0.300. The highest BCUT2D eigenvalue weighted by atomic mass is 16.6. The predicted molar refractivity (Wildman–Crippen MR) is 107 cm³/mol. The van der Waals surface area contributed by atoms with Gasteiger partial charge in [0.05, 0.1) is 23.1 Å². The van der Waals surface area contributed by atoms with Crippen LogP contribution in [0.3, 0.4) is 0 Å². The molecular weight excluding hydrogens is 374 g/mol. The number of H-pyrrole nitrogens is 1. The second kappa shape index (κ2) is 8.71. The van der Waals surface area contributed by atoms with Crippen LogP contribution in [0.1, 0.15) is 16.8 Å². The lowest BCUT2D eigenvalue weighted by Crippen LogP contribution is -2.14. The molecule has 0 fully saturated rings. The highest BCUT2D eigenvalue weighted by Gasteiger charge is 2.11. The molecule has 0 saturated carbocycles. The molecule has 3 aromatic rings. The van der Waals surface area contributed by atoms with Crippen molar-refractivity contribution < 1.29 is 9.66 Å². The Morgan fingerprint density at radius 3 is 2.79 bits per heavy atom. The van der Waals surface area contributed by atoms with E-state index in [1.54, 1.807) is 18.2 Å². The van der Waals surface area contributed by atoms with Gasteiger partial charge in [-0.25, -0.2) is 4.98 Å². The molecule has 29 heavy (non-hydrogen) atoms. The zero-order valence-corrected chi connectivity index (χ0v) is 15.9. The van der Waals surface area contributed by atoms with Gasteiger partial charge < -0.3 is 15.4 Å². The molecule has 1 aromatic carbocycles. The third-order valence-electron chi connectivity index (χ3n) is 3.98. The number of benzene rings is 1. The Morgan fingerprint density at radius 2 is 2.10 bits per heavy atom. The van der Waals surface area contributed by atoms with Crippen molar-refractivity contribution in [3.05, 3.63) is 63.3 Å². The summed E-state index contributed by atoms with van der Waals surface area (Å²) in [6.07, 6.45) is 0. The Hall–Kier alpha value is -4.13. The maximum atomic E-state index is 10.8. The summed E-state index contributed by atoms with van der Waals surface area (Å²) in [5.41, 5.74) is 2.07. The number of aromatic nitrogens is 3. The molecule has 0 bridgehead atoms. The molecule has 3 N–H and O–H groups in total. The second-order valence-corrected chi connectivity index (χ2v) is 6.25. The molecule has 0 spiro atoms. The summed E-state index contributed by atoms with van der Waals surface area (Å²) in [7, 11) is 0. The fourth-order valence-corrected chi connectivity index (χ4v) is 2.64. The number of hydrogen-bond donors (Lipinski definition) is 3. The van der Waals surface area contributed by atoms with Gasteiger partial charge in [0.25, 0.3) is 5.69 Å². The first-order chi connectivity index (χ1) is 14.0. The Morgan fingerprint density at radius 1 is 1.28 bits per heavy atom. The summed E-state index contributed by atoms with van der Waals surface area (Å²) in [5, 5.41) is 33.4. The van der Waals surface area contributed by atoms with E-state index >= 15 is 0 Å². The molecule has 2 aromatic heterocycles. The van der Waals surface area contributed by atoms with Gasteiger partial charge in [-0.15, -0.1) is 0 Å². The van der Waals surface area contributed by atoms with E-state index in [-0.39, 0.29) is 12.3 Å². The highest BCUT2D eigenvalue weighted by molar-refractivity contribution is 5.63. The Kier molecular flexibility index (Phi) is 5.89. The molecule has 0 aliphatic heterocycles. The fraction of sp³-hybridized carbons (Fsp3) is 0.211. The fourth-order valence-electron chi connectivity index (χ4n) is 2.64. The Labute approximate surface area is 166 Å². The number of non-ortho nitro benzene ring substituents is 1. The van der Waals surface area contributed by atoms with Crippen LogP contribution in [0.4, 0.5) is 23.1 Å². The summed E-state index contributed by atoms with van der Waals surface area (Å²) in [5.74, 6) is 1.99. The molecule has 3 rings (SSSR count). The first kappa shape index (κ1) is 19.6. The van der Waals surface area contributed by atoms with Crippen LogP contribution in [0.5, 0.6) is 5.75 Å². The van der Waals surface area contributed by atoms with Crippen molar-refractivity contribution in [3.63, 3.8) is 0 Å². The largest absolute Gasteiger partial charge is 0.491 e. The van der Waals surface area contributed by atoms with Crippen LogP contribution in [0, 0.1) is 35.3 Å². The number of rotatable bonds is 8. The minimum atomic E-state index is -0.476. The minimum absolute atomic E-state index is 0.0353. The highest BCUT2D eigenvalue weighted by Crippen LogP contribution is 2.23. The van der Waals surface area contributed by atoms with Crippen molar-refractivity contribution in [2.24, 2.45) is 0 Å². The lowest BCUT2D eigenvalue weighted by molar-refractivity contribution is -0.384. The summed E-state index contributed by atoms with van der Waals surface area (Å²) >= 11 is 0. The molecule has 0 radical (unpaired) electrons.